The van der Waals surface area contributed by atoms with E-state index >= 15 is 0 Å². The zero-order chi connectivity index (χ0) is 17.4. The number of carbonyl (C=O) groups excluding carboxylic acids is 1. The molecule has 2 aromatic rings. The van der Waals surface area contributed by atoms with Crippen LogP contribution in [0.15, 0.2) is 34.0 Å². The Hall–Kier alpha value is -2.34. The second kappa shape index (κ2) is 6.28. The molecule has 0 spiro atoms. The minimum atomic E-state index is -0.499. The topological polar surface area (TPSA) is 64.3 Å². The Labute approximate surface area is 143 Å². The monoisotopic (exact) mass is 347 g/mol. The molecule has 0 atom stereocenters. The summed E-state index contributed by atoms with van der Waals surface area (Å²) in [5.74, 6) is -0.179. The Balaban J connectivity index is 1.95. The lowest BCUT2D eigenvalue weighted by molar-refractivity contribution is -0.119. The van der Waals surface area contributed by atoms with Crippen molar-refractivity contribution in [3.05, 3.63) is 61.4 Å². The first kappa shape index (κ1) is 16.5. The molecule has 0 saturated heterocycles. The number of hydrogen-bond donors (Lipinski definition) is 0. The number of halogens is 1. The minimum absolute atomic E-state index is 0.103. The molecular formula is C17H18ClN3O3. The van der Waals surface area contributed by atoms with Gasteiger partial charge >= 0.3 is 5.69 Å². The highest BCUT2D eigenvalue weighted by atomic mass is 35.5. The van der Waals surface area contributed by atoms with E-state index in [1.807, 2.05) is 19.1 Å². The molecule has 1 amide bonds. The van der Waals surface area contributed by atoms with Crippen molar-refractivity contribution in [2.45, 2.75) is 26.3 Å². The molecule has 2 heterocycles. The number of rotatable bonds is 2. The Morgan fingerprint density at radius 2 is 2.04 bits per heavy atom. The SMILES string of the molecule is Cc1cc(Cl)cc2c1N(C(=O)Cn1ccc(=O)n(C)c1=O)CCC2. The van der Waals surface area contributed by atoms with Crippen LogP contribution in [0.1, 0.15) is 17.5 Å². The first-order valence-corrected chi connectivity index (χ1v) is 8.12. The molecule has 0 fully saturated rings. The maximum atomic E-state index is 12.8. The van der Waals surface area contributed by atoms with Crippen LogP contribution in [0.5, 0.6) is 0 Å². The third-order valence-electron chi connectivity index (χ3n) is 4.31. The molecule has 3 rings (SSSR count). The van der Waals surface area contributed by atoms with Gasteiger partial charge in [-0.3, -0.25) is 18.7 Å². The Bertz CT molecular complexity index is 930. The summed E-state index contributed by atoms with van der Waals surface area (Å²) < 4.78 is 2.24. The fourth-order valence-corrected chi connectivity index (χ4v) is 3.43. The Morgan fingerprint density at radius 3 is 2.79 bits per heavy atom. The molecule has 126 valence electrons. The van der Waals surface area contributed by atoms with Crippen LogP contribution in [0.2, 0.25) is 5.02 Å². The van der Waals surface area contributed by atoms with Gasteiger partial charge in [-0.1, -0.05) is 11.6 Å². The third kappa shape index (κ3) is 2.89. The van der Waals surface area contributed by atoms with E-state index in [0.29, 0.717) is 11.6 Å². The summed E-state index contributed by atoms with van der Waals surface area (Å²) in [5.41, 5.74) is 1.98. The van der Waals surface area contributed by atoms with Crippen LogP contribution in [-0.2, 0) is 24.8 Å². The number of aryl methyl sites for hydroxylation is 2. The summed E-state index contributed by atoms with van der Waals surface area (Å²) in [4.78, 5) is 38.0. The molecule has 0 N–H and O–H groups in total. The number of nitrogens with zero attached hydrogens (tertiary/aromatic N) is 3. The first-order chi connectivity index (χ1) is 11.4. The zero-order valence-corrected chi connectivity index (χ0v) is 14.3. The van der Waals surface area contributed by atoms with Gasteiger partial charge in [-0.25, -0.2) is 4.79 Å². The third-order valence-corrected chi connectivity index (χ3v) is 4.53. The van der Waals surface area contributed by atoms with E-state index in [0.717, 1.165) is 34.2 Å². The van der Waals surface area contributed by atoms with E-state index in [1.54, 1.807) is 4.90 Å². The molecule has 0 saturated carbocycles. The van der Waals surface area contributed by atoms with Crippen molar-refractivity contribution in [3.8, 4) is 0 Å². The lowest BCUT2D eigenvalue weighted by Crippen LogP contribution is -2.43. The van der Waals surface area contributed by atoms with Gasteiger partial charge in [0.1, 0.15) is 6.54 Å². The second-order valence-electron chi connectivity index (χ2n) is 6.00. The quantitative estimate of drug-likeness (QED) is 0.826. The summed E-state index contributed by atoms with van der Waals surface area (Å²) in [5, 5.41) is 0.662. The van der Waals surface area contributed by atoms with Crippen LogP contribution in [0.3, 0.4) is 0 Å². The van der Waals surface area contributed by atoms with Crippen molar-refractivity contribution in [1.29, 1.82) is 0 Å². The highest BCUT2D eigenvalue weighted by molar-refractivity contribution is 6.30. The number of benzene rings is 1. The van der Waals surface area contributed by atoms with Gasteiger partial charge in [0.05, 0.1) is 0 Å². The van der Waals surface area contributed by atoms with E-state index in [1.165, 1.54) is 23.9 Å². The summed E-state index contributed by atoms with van der Waals surface area (Å²) in [6.07, 6.45) is 3.09. The van der Waals surface area contributed by atoms with Crippen LogP contribution in [0, 0.1) is 6.92 Å². The van der Waals surface area contributed by atoms with Gasteiger partial charge < -0.3 is 4.90 Å². The maximum Gasteiger partial charge on any atom is 0.331 e. The fraction of sp³-hybridized carbons (Fsp3) is 0.353. The minimum Gasteiger partial charge on any atom is -0.310 e. The number of amides is 1. The Morgan fingerprint density at radius 1 is 1.29 bits per heavy atom. The molecule has 6 nitrogen and oxygen atoms in total. The van der Waals surface area contributed by atoms with Crippen molar-refractivity contribution in [2.75, 3.05) is 11.4 Å². The summed E-state index contributed by atoms with van der Waals surface area (Å²) in [6, 6.07) is 5.01. The van der Waals surface area contributed by atoms with E-state index in [-0.39, 0.29) is 12.5 Å². The standard InChI is InChI=1S/C17H18ClN3O3/c1-11-8-13(18)9-12-4-3-6-21(16(11)12)15(23)10-20-7-5-14(22)19(2)17(20)24/h5,7-9H,3-4,6,10H2,1-2H3. The number of hydrogen-bond acceptors (Lipinski definition) is 3. The van der Waals surface area contributed by atoms with Crippen molar-refractivity contribution < 1.29 is 4.79 Å². The molecule has 1 aliphatic heterocycles. The molecule has 7 heteroatoms. The number of carbonyl (C=O) groups is 1. The van der Waals surface area contributed by atoms with Crippen molar-refractivity contribution in [2.24, 2.45) is 7.05 Å². The van der Waals surface area contributed by atoms with Crippen LogP contribution in [0.25, 0.3) is 0 Å². The van der Waals surface area contributed by atoms with Crippen molar-refractivity contribution >= 4 is 23.2 Å². The largest absolute Gasteiger partial charge is 0.331 e. The average molecular weight is 348 g/mol. The highest BCUT2D eigenvalue weighted by Crippen LogP contribution is 2.33. The lowest BCUT2D eigenvalue weighted by atomic mass is 9.98. The van der Waals surface area contributed by atoms with Gasteiger partial charge in [0.15, 0.2) is 0 Å². The summed E-state index contributed by atoms with van der Waals surface area (Å²) in [7, 11) is 1.40. The zero-order valence-electron chi connectivity index (χ0n) is 13.6. The number of fused-ring (bicyclic) bond motifs is 1. The normalized spacial score (nSPS) is 13.7. The van der Waals surface area contributed by atoms with Gasteiger partial charge in [-0.05, 0) is 43.0 Å². The molecule has 0 radical (unpaired) electrons. The van der Waals surface area contributed by atoms with Gasteiger partial charge in [-0.15, -0.1) is 0 Å². The fourth-order valence-electron chi connectivity index (χ4n) is 3.14. The molecule has 0 bridgehead atoms. The number of aromatic nitrogens is 2. The second-order valence-corrected chi connectivity index (χ2v) is 6.44. The Kier molecular flexibility index (Phi) is 4.32. The summed E-state index contributed by atoms with van der Waals surface area (Å²) >= 11 is 6.11. The van der Waals surface area contributed by atoms with Crippen LogP contribution in [-0.4, -0.2) is 21.6 Å². The first-order valence-electron chi connectivity index (χ1n) is 7.74. The van der Waals surface area contributed by atoms with Gasteiger partial charge in [0, 0.05) is 36.6 Å². The molecule has 0 unspecified atom stereocenters. The predicted octanol–water partition coefficient (Wildman–Crippen LogP) is 1.49. The van der Waals surface area contributed by atoms with Crippen molar-refractivity contribution in [3.63, 3.8) is 0 Å². The van der Waals surface area contributed by atoms with Gasteiger partial charge in [0.25, 0.3) is 5.56 Å². The molecule has 1 aromatic heterocycles. The number of anilines is 1. The lowest BCUT2D eigenvalue weighted by Gasteiger charge is -2.31. The van der Waals surface area contributed by atoms with Crippen LogP contribution >= 0.6 is 11.6 Å². The molecule has 1 aromatic carbocycles. The smallest absolute Gasteiger partial charge is 0.310 e. The molecule has 0 aliphatic carbocycles. The van der Waals surface area contributed by atoms with Crippen LogP contribution in [0.4, 0.5) is 5.69 Å². The predicted molar refractivity (Wildman–Crippen MR) is 92.8 cm³/mol. The molecule has 24 heavy (non-hydrogen) atoms. The highest BCUT2D eigenvalue weighted by Gasteiger charge is 2.25. The van der Waals surface area contributed by atoms with Crippen molar-refractivity contribution in [1.82, 2.24) is 9.13 Å². The van der Waals surface area contributed by atoms with E-state index in [4.69, 9.17) is 11.6 Å². The van der Waals surface area contributed by atoms with Crippen LogP contribution < -0.4 is 16.1 Å². The molecule has 1 aliphatic rings. The van der Waals surface area contributed by atoms with E-state index in [9.17, 15) is 14.4 Å². The van der Waals surface area contributed by atoms with Gasteiger partial charge in [0.2, 0.25) is 5.91 Å². The summed E-state index contributed by atoms with van der Waals surface area (Å²) in [6.45, 7) is 2.43. The van der Waals surface area contributed by atoms with E-state index in [2.05, 4.69) is 0 Å². The molecular weight excluding hydrogens is 330 g/mol. The van der Waals surface area contributed by atoms with E-state index < -0.39 is 11.2 Å². The average Bonchev–Trinajstić information content (AvgIpc) is 2.54. The van der Waals surface area contributed by atoms with Gasteiger partial charge in [-0.2, -0.15) is 0 Å². The maximum absolute atomic E-state index is 12.8.